The number of hydrogen-bond acceptors (Lipinski definition) is 4. The van der Waals surface area contributed by atoms with Crippen LogP contribution in [0.4, 0.5) is 19.1 Å². The molecule has 1 saturated heterocycles. The van der Waals surface area contributed by atoms with Crippen LogP contribution in [0.3, 0.4) is 0 Å². The normalized spacial score (nSPS) is 15.3. The van der Waals surface area contributed by atoms with Crippen LogP contribution in [-0.4, -0.2) is 53.6 Å². The molecule has 1 N–H and O–H groups in total. The number of imidazole rings is 1. The van der Waals surface area contributed by atoms with Crippen molar-refractivity contribution in [2.24, 2.45) is 0 Å². The van der Waals surface area contributed by atoms with Gasteiger partial charge in [-0.1, -0.05) is 18.2 Å². The van der Waals surface area contributed by atoms with Crippen LogP contribution in [0.2, 0.25) is 0 Å². The molecular formula is C21H21F3N4O2. The SMILES string of the molecule is O=C(COc1cccc(C(F)(F)F)c1)N1CCCN(c2nc3ccccc3[nH]2)CC1. The van der Waals surface area contributed by atoms with Crippen molar-refractivity contribution in [3.05, 3.63) is 54.1 Å². The molecule has 0 atom stereocenters. The van der Waals surface area contributed by atoms with Gasteiger partial charge in [0.25, 0.3) is 5.91 Å². The third-order valence-electron chi connectivity index (χ3n) is 5.05. The van der Waals surface area contributed by atoms with Crippen LogP contribution in [0, 0.1) is 0 Å². The minimum atomic E-state index is -4.45. The third kappa shape index (κ3) is 4.50. The lowest BCUT2D eigenvalue weighted by molar-refractivity contribution is -0.137. The zero-order valence-electron chi connectivity index (χ0n) is 16.2. The van der Waals surface area contributed by atoms with Crippen LogP contribution in [0.5, 0.6) is 5.75 Å². The average molecular weight is 418 g/mol. The van der Waals surface area contributed by atoms with Gasteiger partial charge in [-0.05, 0) is 36.8 Å². The lowest BCUT2D eigenvalue weighted by Crippen LogP contribution is -2.38. The number of nitrogens with one attached hydrogen (secondary N) is 1. The molecule has 1 aliphatic rings. The molecule has 9 heteroatoms. The summed E-state index contributed by atoms with van der Waals surface area (Å²) in [6, 6.07) is 12.3. The molecule has 1 aromatic heterocycles. The van der Waals surface area contributed by atoms with Crippen molar-refractivity contribution in [3.8, 4) is 5.75 Å². The molecule has 1 fully saturated rings. The van der Waals surface area contributed by atoms with Crippen molar-refractivity contribution in [1.82, 2.24) is 14.9 Å². The van der Waals surface area contributed by atoms with Gasteiger partial charge in [-0.2, -0.15) is 13.2 Å². The molecule has 30 heavy (non-hydrogen) atoms. The number of aromatic nitrogens is 2. The summed E-state index contributed by atoms with van der Waals surface area (Å²) in [4.78, 5) is 24.2. The van der Waals surface area contributed by atoms with Gasteiger partial charge in [-0.25, -0.2) is 4.98 Å². The van der Waals surface area contributed by atoms with E-state index in [4.69, 9.17) is 4.74 Å². The van der Waals surface area contributed by atoms with E-state index in [1.165, 1.54) is 12.1 Å². The van der Waals surface area contributed by atoms with Crippen molar-refractivity contribution >= 4 is 22.9 Å². The number of ether oxygens (including phenoxy) is 1. The lowest BCUT2D eigenvalue weighted by Gasteiger charge is -2.22. The number of fused-ring (bicyclic) bond motifs is 1. The molecule has 2 heterocycles. The first-order chi connectivity index (χ1) is 14.4. The van der Waals surface area contributed by atoms with Crippen molar-refractivity contribution in [3.63, 3.8) is 0 Å². The number of carbonyl (C=O) groups is 1. The topological polar surface area (TPSA) is 61.5 Å². The number of rotatable bonds is 4. The number of carbonyl (C=O) groups excluding carboxylic acids is 1. The number of amides is 1. The Morgan fingerprint density at radius 3 is 2.70 bits per heavy atom. The van der Waals surface area contributed by atoms with Crippen LogP contribution in [-0.2, 0) is 11.0 Å². The fraction of sp³-hybridized carbons (Fsp3) is 0.333. The van der Waals surface area contributed by atoms with E-state index in [9.17, 15) is 18.0 Å². The Balaban J connectivity index is 1.34. The van der Waals surface area contributed by atoms with Gasteiger partial charge in [-0.3, -0.25) is 4.79 Å². The Labute approximate surface area is 171 Å². The van der Waals surface area contributed by atoms with Crippen LogP contribution < -0.4 is 9.64 Å². The summed E-state index contributed by atoms with van der Waals surface area (Å²) in [6.45, 7) is 2.10. The minimum absolute atomic E-state index is 0.0249. The molecule has 0 aliphatic carbocycles. The summed E-state index contributed by atoms with van der Waals surface area (Å²) < 4.78 is 43.7. The highest BCUT2D eigenvalue weighted by atomic mass is 19.4. The number of para-hydroxylation sites is 2. The highest BCUT2D eigenvalue weighted by Gasteiger charge is 2.30. The number of anilines is 1. The molecule has 6 nitrogen and oxygen atoms in total. The monoisotopic (exact) mass is 418 g/mol. The van der Waals surface area contributed by atoms with Crippen molar-refractivity contribution in [2.75, 3.05) is 37.7 Å². The first kappa shape index (κ1) is 20.1. The highest BCUT2D eigenvalue weighted by Crippen LogP contribution is 2.31. The molecule has 0 bridgehead atoms. The second kappa shape index (κ2) is 8.25. The molecule has 158 valence electrons. The molecule has 0 radical (unpaired) electrons. The number of alkyl halides is 3. The van der Waals surface area contributed by atoms with Crippen molar-refractivity contribution < 1.29 is 22.7 Å². The summed E-state index contributed by atoms with van der Waals surface area (Å²) in [5.74, 6) is 0.543. The zero-order chi connectivity index (χ0) is 21.1. The van der Waals surface area contributed by atoms with Gasteiger partial charge in [0.2, 0.25) is 5.95 Å². The van der Waals surface area contributed by atoms with E-state index in [1.54, 1.807) is 4.90 Å². The van der Waals surface area contributed by atoms with Crippen LogP contribution >= 0.6 is 0 Å². The van der Waals surface area contributed by atoms with Gasteiger partial charge >= 0.3 is 6.18 Å². The summed E-state index contributed by atoms with van der Waals surface area (Å²) in [5, 5.41) is 0. The Morgan fingerprint density at radius 1 is 1.07 bits per heavy atom. The lowest BCUT2D eigenvalue weighted by atomic mass is 10.2. The molecule has 2 aromatic carbocycles. The second-order valence-corrected chi connectivity index (χ2v) is 7.11. The maximum absolute atomic E-state index is 12.8. The largest absolute Gasteiger partial charge is 0.484 e. The summed E-state index contributed by atoms with van der Waals surface area (Å²) >= 11 is 0. The molecule has 0 unspecified atom stereocenters. The number of H-pyrrole nitrogens is 1. The fourth-order valence-corrected chi connectivity index (χ4v) is 3.47. The smallest absolute Gasteiger partial charge is 0.416 e. The van der Waals surface area contributed by atoms with Crippen LogP contribution in [0.1, 0.15) is 12.0 Å². The van der Waals surface area contributed by atoms with E-state index in [-0.39, 0.29) is 18.3 Å². The molecule has 1 amide bonds. The quantitative estimate of drug-likeness (QED) is 0.702. The van der Waals surface area contributed by atoms with E-state index in [1.807, 2.05) is 24.3 Å². The maximum Gasteiger partial charge on any atom is 0.416 e. The van der Waals surface area contributed by atoms with E-state index >= 15 is 0 Å². The Kier molecular flexibility index (Phi) is 5.52. The predicted molar refractivity (Wildman–Crippen MR) is 106 cm³/mol. The number of aromatic amines is 1. The Hall–Kier alpha value is -3.23. The van der Waals surface area contributed by atoms with Crippen LogP contribution in [0.15, 0.2) is 48.5 Å². The molecule has 1 aliphatic heterocycles. The van der Waals surface area contributed by atoms with Gasteiger partial charge in [0, 0.05) is 26.2 Å². The first-order valence-corrected chi connectivity index (χ1v) is 9.68. The fourth-order valence-electron chi connectivity index (χ4n) is 3.47. The van der Waals surface area contributed by atoms with Gasteiger partial charge in [0.05, 0.1) is 16.6 Å². The van der Waals surface area contributed by atoms with E-state index < -0.39 is 11.7 Å². The number of benzene rings is 2. The summed E-state index contributed by atoms with van der Waals surface area (Å²) in [6.07, 6.45) is -3.69. The number of halogens is 3. The summed E-state index contributed by atoms with van der Waals surface area (Å²) in [7, 11) is 0. The summed E-state index contributed by atoms with van der Waals surface area (Å²) in [5.41, 5.74) is 1.04. The highest BCUT2D eigenvalue weighted by molar-refractivity contribution is 5.78. The Morgan fingerprint density at radius 2 is 1.90 bits per heavy atom. The van der Waals surface area contributed by atoms with Crippen molar-refractivity contribution in [2.45, 2.75) is 12.6 Å². The third-order valence-corrected chi connectivity index (χ3v) is 5.05. The molecule has 0 saturated carbocycles. The van der Waals surface area contributed by atoms with Gasteiger partial charge in [0.15, 0.2) is 6.61 Å². The van der Waals surface area contributed by atoms with Crippen LogP contribution in [0.25, 0.3) is 11.0 Å². The average Bonchev–Trinajstić information content (AvgIpc) is 3.01. The van der Waals surface area contributed by atoms with E-state index in [2.05, 4.69) is 14.9 Å². The molecular weight excluding hydrogens is 397 g/mol. The zero-order valence-corrected chi connectivity index (χ0v) is 16.2. The van der Waals surface area contributed by atoms with Gasteiger partial charge < -0.3 is 19.5 Å². The molecule has 4 rings (SSSR count). The number of nitrogens with zero attached hydrogens (tertiary/aromatic N) is 3. The van der Waals surface area contributed by atoms with Crippen molar-refractivity contribution in [1.29, 1.82) is 0 Å². The molecule has 0 spiro atoms. The number of hydrogen-bond donors (Lipinski definition) is 1. The second-order valence-electron chi connectivity index (χ2n) is 7.11. The van der Waals surface area contributed by atoms with Gasteiger partial charge in [-0.15, -0.1) is 0 Å². The maximum atomic E-state index is 12.8. The standard InChI is InChI=1S/C21H21F3N4O2/c22-21(23,24)15-5-3-6-16(13-15)30-14-19(29)27-9-4-10-28(12-11-27)20-25-17-7-1-2-8-18(17)26-20/h1-3,5-8,13H,4,9-12,14H2,(H,25,26). The first-order valence-electron chi connectivity index (χ1n) is 9.68. The van der Waals surface area contributed by atoms with E-state index in [0.29, 0.717) is 19.6 Å². The molecule has 3 aromatic rings. The predicted octanol–water partition coefficient (Wildman–Crippen LogP) is 3.70. The minimum Gasteiger partial charge on any atom is -0.484 e. The van der Waals surface area contributed by atoms with Gasteiger partial charge in [0.1, 0.15) is 5.75 Å². The van der Waals surface area contributed by atoms with E-state index in [0.717, 1.165) is 42.1 Å². The Bertz CT molecular complexity index is 1000.